The fourth-order valence-electron chi connectivity index (χ4n) is 1.92. The molecular formula is C15H16Cl2N4O. The first-order valence-corrected chi connectivity index (χ1v) is 7.65. The van der Waals surface area contributed by atoms with Crippen molar-refractivity contribution in [3.8, 4) is 0 Å². The molecular weight excluding hydrogens is 323 g/mol. The van der Waals surface area contributed by atoms with Crippen molar-refractivity contribution in [2.75, 3.05) is 18.4 Å². The molecule has 0 fully saturated rings. The van der Waals surface area contributed by atoms with Crippen LogP contribution in [0.25, 0.3) is 0 Å². The second-order valence-electron chi connectivity index (χ2n) is 4.49. The number of aromatic nitrogens is 2. The third-order valence-corrected chi connectivity index (χ3v) is 3.66. The number of nitrogens with one attached hydrogen (secondary N) is 1. The molecule has 0 spiro atoms. The Hall–Kier alpha value is -1.85. The largest absolute Gasteiger partial charge is 0.338 e. The Bertz CT molecular complexity index is 674. The predicted molar refractivity (Wildman–Crippen MR) is 89.0 cm³/mol. The summed E-state index contributed by atoms with van der Waals surface area (Å²) in [5, 5.41) is 4.01. The van der Waals surface area contributed by atoms with Gasteiger partial charge in [0, 0.05) is 24.3 Å². The molecule has 7 heteroatoms. The summed E-state index contributed by atoms with van der Waals surface area (Å²) < 4.78 is 0. The van der Waals surface area contributed by atoms with E-state index in [1.165, 1.54) is 6.20 Å². The van der Waals surface area contributed by atoms with Gasteiger partial charge in [0.25, 0.3) is 5.91 Å². The Kier molecular flexibility index (Phi) is 5.57. The van der Waals surface area contributed by atoms with Gasteiger partial charge in [0.05, 0.1) is 10.7 Å². The van der Waals surface area contributed by atoms with Crippen LogP contribution in [0, 0.1) is 0 Å². The fraction of sp³-hybridized carbons (Fsp3) is 0.267. The average Bonchev–Trinajstić information content (AvgIpc) is 2.52. The number of anilines is 2. The van der Waals surface area contributed by atoms with Crippen molar-refractivity contribution in [3.05, 3.63) is 46.2 Å². The van der Waals surface area contributed by atoms with Crippen LogP contribution in [0.2, 0.25) is 10.0 Å². The monoisotopic (exact) mass is 338 g/mol. The first-order valence-electron chi connectivity index (χ1n) is 6.89. The summed E-state index contributed by atoms with van der Waals surface area (Å²) in [4.78, 5) is 22.3. The molecule has 0 aliphatic heterocycles. The van der Waals surface area contributed by atoms with Crippen molar-refractivity contribution in [2.24, 2.45) is 0 Å². The lowest BCUT2D eigenvalue weighted by Crippen LogP contribution is -2.31. The molecule has 1 N–H and O–H groups in total. The van der Waals surface area contributed by atoms with E-state index in [9.17, 15) is 4.79 Å². The van der Waals surface area contributed by atoms with Gasteiger partial charge in [-0.3, -0.25) is 4.79 Å². The van der Waals surface area contributed by atoms with E-state index in [-0.39, 0.29) is 5.91 Å². The summed E-state index contributed by atoms with van der Waals surface area (Å²) in [6, 6.07) is 6.63. The maximum absolute atomic E-state index is 12.3. The average molecular weight is 339 g/mol. The summed E-state index contributed by atoms with van der Waals surface area (Å²) >= 11 is 12.0. The summed E-state index contributed by atoms with van der Waals surface area (Å²) in [5.74, 6) is 0.162. The summed E-state index contributed by atoms with van der Waals surface area (Å²) in [6.07, 6.45) is 1.53. The molecule has 0 bridgehead atoms. The van der Waals surface area contributed by atoms with Crippen LogP contribution in [-0.4, -0.2) is 33.9 Å². The second-order valence-corrected chi connectivity index (χ2v) is 5.34. The molecule has 2 rings (SSSR count). The Morgan fingerprint density at radius 1 is 1.23 bits per heavy atom. The number of halogens is 2. The van der Waals surface area contributed by atoms with Crippen LogP contribution in [0.5, 0.6) is 0 Å². The van der Waals surface area contributed by atoms with Gasteiger partial charge < -0.3 is 10.2 Å². The minimum Gasteiger partial charge on any atom is -0.338 e. The molecule has 0 saturated heterocycles. The molecule has 1 heterocycles. The highest BCUT2D eigenvalue weighted by Crippen LogP contribution is 2.27. The van der Waals surface area contributed by atoms with E-state index in [0.29, 0.717) is 40.5 Å². The van der Waals surface area contributed by atoms with Crippen LogP contribution in [0.15, 0.2) is 30.5 Å². The van der Waals surface area contributed by atoms with E-state index in [1.807, 2.05) is 13.8 Å². The summed E-state index contributed by atoms with van der Waals surface area (Å²) in [5.41, 5.74) is 0.918. The standard InChI is InChI=1S/C15H16Cl2N4O/c1-3-21(4-2)14(22)12-7-8-18-15(19-12)20-13-9-10(16)5-6-11(13)17/h5-9H,3-4H2,1-2H3,(H,18,19,20). The maximum atomic E-state index is 12.3. The zero-order valence-corrected chi connectivity index (χ0v) is 13.8. The Balaban J connectivity index is 2.25. The van der Waals surface area contributed by atoms with E-state index < -0.39 is 0 Å². The lowest BCUT2D eigenvalue weighted by atomic mass is 10.3. The topological polar surface area (TPSA) is 58.1 Å². The number of nitrogens with zero attached hydrogens (tertiary/aromatic N) is 3. The van der Waals surface area contributed by atoms with Crippen molar-refractivity contribution in [3.63, 3.8) is 0 Å². The number of benzene rings is 1. The number of rotatable bonds is 5. The van der Waals surface area contributed by atoms with E-state index in [4.69, 9.17) is 23.2 Å². The van der Waals surface area contributed by atoms with Crippen LogP contribution in [-0.2, 0) is 0 Å². The highest BCUT2D eigenvalue weighted by Gasteiger charge is 2.15. The van der Waals surface area contributed by atoms with Crippen LogP contribution in [0.3, 0.4) is 0 Å². The minimum atomic E-state index is -0.132. The van der Waals surface area contributed by atoms with Crippen molar-refractivity contribution in [1.29, 1.82) is 0 Å². The predicted octanol–water partition coefficient (Wildman–Crippen LogP) is 4.01. The minimum absolute atomic E-state index is 0.132. The lowest BCUT2D eigenvalue weighted by Gasteiger charge is -2.18. The fourth-order valence-corrected chi connectivity index (χ4v) is 2.26. The number of carbonyl (C=O) groups excluding carboxylic acids is 1. The highest BCUT2D eigenvalue weighted by atomic mass is 35.5. The van der Waals surface area contributed by atoms with Crippen LogP contribution >= 0.6 is 23.2 Å². The molecule has 0 saturated carbocycles. The SMILES string of the molecule is CCN(CC)C(=O)c1ccnc(Nc2cc(Cl)ccc2Cl)n1. The first kappa shape index (κ1) is 16.5. The Morgan fingerprint density at radius 3 is 2.64 bits per heavy atom. The molecule has 2 aromatic rings. The van der Waals surface area contributed by atoms with Gasteiger partial charge in [-0.05, 0) is 38.1 Å². The van der Waals surface area contributed by atoms with Gasteiger partial charge >= 0.3 is 0 Å². The van der Waals surface area contributed by atoms with E-state index in [2.05, 4.69) is 15.3 Å². The Morgan fingerprint density at radius 2 is 1.95 bits per heavy atom. The van der Waals surface area contributed by atoms with E-state index >= 15 is 0 Å². The molecule has 0 radical (unpaired) electrons. The van der Waals surface area contributed by atoms with Gasteiger partial charge in [-0.15, -0.1) is 0 Å². The van der Waals surface area contributed by atoms with Crippen molar-refractivity contribution < 1.29 is 4.79 Å². The van der Waals surface area contributed by atoms with E-state index in [1.54, 1.807) is 29.2 Å². The van der Waals surface area contributed by atoms with Gasteiger partial charge in [0.2, 0.25) is 5.95 Å². The molecule has 22 heavy (non-hydrogen) atoms. The normalized spacial score (nSPS) is 10.4. The third-order valence-electron chi connectivity index (χ3n) is 3.10. The zero-order valence-electron chi connectivity index (χ0n) is 12.3. The highest BCUT2D eigenvalue weighted by molar-refractivity contribution is 6.35. The number of hydrogen-bond donors (Lipinski definition) is 1. The molecule has 1 aromatic carbocycles. The molecule has 0 unspecified atom stereocenters. The number of amides is 1. The van der Waals surface area contributed by atoms with Crippen molar-refractivity contribution in [2.45, 2.75) is 13.8 Å². The van der Waals surface area contributed by atoms with Crippen LogP contribution in [0.1, 0.15) is 24.3 Å². The summed E-state index contributed by atoms with van der Waals surface area (Å²) in [7, 11) is 0. The molecule has 116 valence electrons. The van der Waals surface area contributed by atoms with E-state index in [0.717, 1.165) is 0 Å². The molecule has 0 aliphatic rings. The maximum Gasteiger partial charge on any atom is 0.272 e. The van der Waals surface area contributed by atoms with Gasteiger partial charge in [0.1, 0.15) is 5.69 Å². The van der Waals surface area contributed by atoms with Gasteiger partial charge in [-0.25, -0.2) is 9.97 Å². The second kappa shape index (κ2) is 7.42. The Labute approximate surface area is 139 Å². The van der Waals surface area contributed by atoms with Crippen LogP contribution in [0.4, 0.5) is 11.6 Å². The van der Waals surface area contributed by atoms with Crippen molar-refractivity contribution in [1.82, 2.24) is 14.9 Å². The lowest BCUT2D eigenvalue weighted by molar-refractivity contribution is 0.0767. The van der Waals surface area contributed by atoms with Crippen molar-refractivity contribution >= 4 is 40.7 Å². The molecule has 1 aromatic heterocycles. The number of carbonyl (C=O) groups is 1. The number of hydrogen-bond acceptors (Lipinski definition) is 4. The van der Waals surface area contributed by atoms with Gasteiger partial charge in [-0.2, -0.15) is 0 Å². The quantitative estimate of drug-likeness (QED) is 0.894. The molecule has 5 nitrogen and oxygen atoms in total. The molecule has 0 atom stereocenters. The van der Waals surface area contributed by atoms with Gasteiger partial charge in [0.15, 0.2) is 0 Å². The zero-order chi connectivity index (χ0) is 16.1. The molecule has 1 amide bonds. The van der Waals surface area contributed by atoms with Gasteiger partial charge in [-0.1, -0.05) is 23.2 Å². The third kappa shape index (κ3) is 3.87. The molecule has 0 aliphatic carbocycles. The summed E-state index contributed by atoms with van der Waals surface area (Å²) in [6.45, 7) is 5.10. The van der Waals surface area contributed by atoms with Crippen LogP contribution < -0.4 is 5.32 Å². The smallest absolute Gasteiger partial charge is 0.272 e. The first-order chi connectivity index (χ1) is 10.5.